The summed E-state index contributed by atoms with van der Waals surface area (Å²) >= 11 is 0. The largest absolute Gasteiger partial charge is 0.428 e. The summed E-state index contributed by atoms with van der Waals surface area (Å²) < 4.78 is 4.70. The van der Waals surface area contributed by atoms with Crippen LogP contribution in [0, 0.1) is 0 Å². The third-order valence-corrected chi connectivity index (χ3v) is 1.37. The fraction of sp³-hybridized carbons (Fsp3) is 0.375. The molecule has 0 aromatic carbocycles. The summed E-state index contributed by atoms with van der Waals surface area (Å²) in [6.45, 7) is 1.79. The Kier molecular flexibility index (Phi) is 2.44. The highest BCUT2D eigenvalue weighted by atomic mass is 16.5. The molecule has 3 heteroatoms. The van der Waals surface area contributed by atoms with Crippen molar-refractivity contribution in [3.63, 3.8) is 0 Å². The molecule has 11 heavy (non-hydrogen) atoms. The quantitative estimate of drug-likeness (QED) is 0.471. The minimum Gasteiger partial charge on any atom is -0.428 e. The highest BCUT2D eigenvalue weighted by Gasteiger charge is 2.18. The lowest BCUT2D eigenvalue weighted by molar-refractivity contribution is -0.137. The summed E-state index contributed by atoms with van der Waals surface area (Å²) in [4.78, 5) is 10.6. The van der Waals surface area contributed by atoms with Crippen molar-refractivity contribution in [2.24, 2.45) is 0 Å². The van der Waals surface area contributed by atoms with Crippen LogP contribution in [0.2, 0.25) is 0 Å². The van der Waals surface area contributed by atoms with E-state index < -0.39 is 6.10 Å². The molecule has 1 heterocycles. The van der Waals surface area contributed by atoms with Gasteiger partial charge in [-0.15, -0.1) is 0 Å². The number of aliphatic hydroxyl groups is 1. The zero-order valence-electron chi connectivity index (χ0n) is 6.28. The van der Waals surface area contributed by atoms with Gasteiger partial charge in [0.1, 0.15) is 11.9 Å². The van der Waals surface area contributed by atoms with Crippen molar-refractivity contribution < 1.29 is 14.6 Å². The lowest BCUT2D eigenvalue weighted by Gasteiger charge is -2.04. The summed E-state index contributed by atoms with van der Waals surface area (Å²) in [5.74, 6) is 0.0386. The molecule has 1 aliphatic rings. The van der Waals surface area contributed by atoms with Gasteiger partial charge in [0.05, 0.1) is 6.42 Å². The molecule has 60 valence electrons. The summed E-state index contributed by atoms with van der Waals surface area (Å²) in [7, 11) is 0. The molecule has 0 saturated carbocycles. The van der Waals surface area contributed by atoms with E-state index in [-0.39, 0.29) is 12.4 Å². The van der Waals surface area contributed by atoms with Gasteiger partial charge < -0.3 is 9.84 Å². The van der Waals surface area contributed by atoms with E-state index in [0.29, 0.717) is 5.76 Å². The van der Waals surface area contributed by atoms with E-state index in [0.717, 1.165) is 0 Å². The van der Waals surface area contributed by atoms with E-state index in [1.165, 1.54) is 0 Å². The first-order valence-electron chi connectivity index (χ1n) is 3.45. The van der Waals surface area contributed by atoms with Gasteiger partial charge in [-0.3, -0.25) is 4.79 Å². The number of allylic oxidation sites excluding steroid dienone is 1. The van der Waals surface area contributed by atoms with Crippen LogP contribution in [0.4, 0.5) is 0 Å². The average Bonchev–Trinajstić information content (AvgIpc) is 2.36. The minimum atomic E-state index is -0.772. The van der Waals surface area contributed by atoms with Crippen molar-refractivity contribution >= 4 is 5.97 Å². The smallest absolute Gasteiger partial charge is 0.314 e. The van der Waals surface area contributed by atoms with Gasteiger partial charge in [0.25, 0.3) is 0 Å². The van der Waals surface area contributed by atoms with Crippen molar-refractivity contribution in [3.8, 4) is 0 Å². The number of aliphatic hydroxyl groups excluding tert-OH is 1. The van der Waals surface area contributed by atoms with E-state index in [2.05, 4.69) is 0 Å². The lowest BCUT2D eigenvalue weighted by atomic mass is 10.2. The van der Waals surface area contributed by atoms with Crippen LogP contribution in [0.15, 0.2) is 24.0 Å². The van der Waals surface area contributed by atoms with Crippen LogP contribution in [0.25, 0.3) is 0 Å². The Balaban J connectivity index is 2.55. The SMILES string of the molecule is CC=CC(O)C1=CCC(=O)O1. The van der Waals surface area contributed by atoms with Gasteiger partial charge in [0.2, 0.25) is 0 Å². The molecule has 1 N–H and O–H groups in total. The van der Waals surface area contributed by atoms with Crippen molar-refractivity contribution in [2.45, 2.75) is 19.4 Å². The van der Waals surface area contributed by atoms with Crippen LogP contribution < -0.4 is 0 Å². The van der Waals surface area contributed by atoms with Gasteiger partial charge in [-0.25, -0.2) is 0 Å². The standard InChI is InChI=1S/C8H10O3/c1-2-3-6(9)7-4-5-8(10)11-7/h2-4,6,9H,5H2,1H3. The van der Waals surface area contributed by atoms with Gasteiger partial charge in [-0.05, 0) is 13.0 Å². The Morgan fingerprint density at radius 2 is 2.55 bits per heavy atom. The predicted molar refractivity (Wildman–Crippen MR) is 39.6 cm³/mol. The molecule has 0 spiro atoms. The topological polar surface area (TPSA) is 46.5 Å². The van der Waals surface area contributed by atoms with Gasteiger partial charge in [0.15, 0.2) is 0 Å². The highest BCUT2D eigenvalue weighted by Crippen LogP contribution is 2.15. The maximum absolute atomic E-state index is 10.6. The molecule has 0 amide bonds. The van der Waals surface area contributed by atoms with Crippen LogP contribution in [0.1, 0.15) is 13.3 Å². The van der Waals surface area contributed by atoms with Crippen LogP contribution >= 0.6 is 0 Å². The van der Waals surface area contributed by atoms with E-state index in [9.17, 15) is 9.90 Å². The lowest BCUT2D eigenvalue weighted by Crippen LogP contribution is -2.08. The summed E-state index contributed by atoms with van der Waals surface area (Å²) in [5, 5.41) is 9.23. The number of ether oxygens (including phenoxy) is 1. The predicted octanol–water partition coefficient (Wildman–Crippen LogP) is 0.754. The Bertz CT molecular complexity index is 215. The first kappa shape index (κ1) is 8.01. The van der Waals surface area contributed by atoms with E-state index in [4.69, 9.17) is 4.74 Å². The third-order valence-electron chi connectivity index (χ3n) is 1.37. The molecule has 0 saturated heterocycles. The number of hydrogen-bond acceptors (Lipinski definition) is 3. The van der Waals surface area contributed by atoms with Gasteiger partial charge >= 0.3 is 5.97 Å². The Hall–Kier alpha value is -1.09. The zero-order chi connectivity index (χ0) is 8.27. The molecular weight excluding hydrogens is 144 g/mol. The number of rotatable bonds is 2. The maximum Gasteiger partial charge on any atom is 0.314 e. The molecule has 0 aromatic rings. The summed E-state index contributed by atoms with van der Waals surface area (Å²) in [6, 6.07) is 0. The molecular formula is C8H10O3. The van der Waals surface area contributed by atoms with Gasteiger partial charge in [0, 0.05) is 0 Å². The van der Waals surface area contributed by atoms with E-state index in [1.54, 1.807) is 25.2 Å². The monoisotopic (exact) mass is 154 g/mol. The third kappa shape index (κ3) is 1.91. The normalized spacial score (nSPS) is 20.2. The minimum absolute atomic E-state index is 0.268. The van der Waals surface area contributed by atoms with Crippen LogP contribution in [-0.4, -0.2) is 17.2 Å². The molecule has 0 radical (unpaired) electrons. The Morgan fingerprint density at radius 3 is 3.00 bits per heavy atom. The highest BCUT2D eigenvalue weighted by molar-refractivity contribution is 5.75. The maximum atomic E-state index is 10.6. The van der Waals surface area contributed by atoms with Crippen LogP contribution in [0.3, 0.4) is 0 Å². The second-order valence-corrected chi connectivity index (χ2v) is 2.26. The molecule has 0 fully saturated rings. The van der Waals surface area contributed by atoms with Crippen molar-refractivity contribution in [2.75, 3.05) is 0 Å². The Labute approximate surface area is 65.0 Å². The fourth-order valence-electron chi connectivity index (χ4n) is 0.857. The van der Waals surface area contributed by atoms with Crippen molar-refractivity contribution in [1.29, 1.82) is 0 Å². The van der Waals surface area contributed by atoms with E-state index in [1.807, 2.05) is 0 Å². The number of esters is 1. The van der Waals surface area contributed by atoms with Crippen molar-refractivity contribution in [1.82, 2.24) is 0 Å². The Morgan fingerprint density at radius 1 is 1.82 bits per heavy atom. The van der Waals surface area contributed by atoms with Gasteiger partial charge in [-0.2, -0.15) is 0 Å². The number of cyclic esters (lactones) is 1. The zero-order valence-corrected chi connectivity index (χ0v) is 6.28. The van der Waals surface area contributed by atoms with Crippen molar-refractivity contribution in [3.05, 3.63) is 24.0 Å². The van der Waals surface area contributed by atoms with E-state index >= 15 is 0 Å². The summed E-state index contributed by atoms with van der Waals surface area (Å²) in [6.07, 6.45) is 4.35. The number of hydrogen-bond donors (Lipinski definition) is 1. The van der Waals surface area contributed by atoms with Gasteiger partial charge in [-0.1, -0.05) is 12.2 Å². The second-order valence-electron chi connectivity index (χ2n) is 2.26. The molecule has 1 atom stereocenters. The second kappa shape index (κ2) is 3.34. The molecule has 0 aliphatic carbocycles. The first-order chi connectivity index (χ1) is 5.24. The van der Waals surface area contributed by atoms with Crippen LogP contribution in [-0.2, 0) is 9.53 Å². The fourth-order valence-corrected chi connectivity index (χ4v) is 0.857. The summed E-state index contributed by atoms with van der Waals surface area (Å²) in [5.41, 5.74) is 0. The molecule has 1 unspecified atom stereocenters. The molecule has 1 rings (SSSR count). The average molecular weight is 154 g/mol. The number of carbonyl (C=O) groups excluding carboxylic acids is 1. The molecule has 3 nitrogen and oxygen atoms in total. The first-order valence-corrected chi connectivity index (χ1v) is 3.45. The van der Waals surface area contributed by atoms with Crippen LogP contribution in [0.5, 0.6) is 0 Å². The molecule has 1 aliphatic heterocycles. The molecule has 0 bridgehead atoms. The molecule has 0 aromatic heterocycles. The number of carbonyl (C=O) groups is 1.